The van der Waals surface area contributed by atoms with Crippen LogP contribution in [0.2, 0.25) is 0 Å². The predicted octanol–water partition coefficient (Wildman–Crippen LogP) is 2.45. The molecule has 1 amide bonds. The van der Waals surface area contributed by atoms with Crippen LogP contribution in [0.15, 0.2) is 21.3 Å². The molecule has 0 aliphatic carbocycles. The molecular weight excluding hydrogens is 300 g/mol. The van der Waals surface area contributed by atoms with Crippen molar-refractivity contribution in [3.05, 3.63) is 28.2 Å². The molecule has 0 radical (unpaired) electrons. The minimum Gasteiger partial charge on any atom is -0.360 e. The smallest absolute Gasteiger partial charge is 0.250 e. The van der Waals surface area contributed by atoms with E-state index in [-0.39, 0.29) is 5.91 Å². The molecule has 0 fully saturated rings. The summed E-state index contributed by atoms with van der Waals surface area (Å²) < 4.78 is 7.40. The Morgan fingerprint density at radius 3 is 2.78 bits per heavy atom. The van der Waals surface area contributed by atoms with E-state index in [0.29, 0.717) is 11.6 Å². The molecule has 2 heterocycles. The zero-order valence-corrected chi connectivity index (χ0v) is 11.9. The summed E-state index contributed by atoms with van der Waals surface area (Å²) in [5.41, 5.74) is 0.897. The SMILES string of the molecule is Cc1cc(NC(=O)[C@@H](C)n2ncc(Br)c2C)no1. The third kappa shape index (κ3) is 2.45. The van der Waals surface area contributed by atoms with Gasteiger partial charge < -0.3 is 9.84 Å². The van der Waals surface area contributed by atoms with Crippen LogP contribution < -0.4 is 5.32 Å². The summed E-state index contributed by atoms with van der Waals surface area (Å²) in [7, 11) is 0. The molecule has 2 rings (SSSR count). The highest BCUT2D eigenvalue weighted by Crippen LogP contribution is 2.19. The molecule has 6 nitrogen and oxygen atoms in total. The number of aryl methyl sites for hydroxylation is 1. The number of rotatable bonds is 3. The second-order valence-electron chi connectivity index (χ2n) is 4.01. The summed E-state index contributed by atoms with van der Waals surface area (Å²) in [6, 6.07) is 1.24. The van der Waals surface area contributed by atoms with Crippen molar-refractivity contribution in [3.8, 4) is 0 Å². The van der Waals surface area contributed by atoms with Gasteiger partial charge >= 0.3 is 0 Å². The first kappa shape index (κ1) is 12.8. The van der Waals surface area contributed by atoms with E-state index in [4.69, 9.17) is 4.52 Å². The van der Waals surface area contributed by atoms with E-state index < -0.39 is 6.04 Å². The summed E-state index contributed by atoms with van der Waals surface area (Å²) in [6.45, 7) is 5.43. The van der Waals surface area contributed by atoms with Crippen LogP contribution in [0, 0.1) is 13.8 Å². The molecule has 0 aliphatic rings. The van der Waals surface area contributed by atoms with Crippen LogP contribution in [0.4, 0.5) is 5.82 Å². The van der Waals surface area contributed by atoms with Crippen LogP contribution in [0.1, 0.15) is 24.4 Å². The molecule has 0 unspecified atom stereocenters. The Labute approximate surface area is 112 Å². The van der Waals surface area contributed by atoms with E-state index in [1.165, 1.54) is 0 Å². The largest absolute Gasteiger partial charge is 0.360 e. The van der Waals surface area contributed by atoms with Gasteiger partial charge in [0.15, 0.2) is 5.82 Å². The van der Waals surface area contributed by atoms with Crippen molar-refractivity contribution in [2.24, 2.45) is 0 Å². The van der Waals surface area contributed by atoms with Gasteiger partial charge in [-0.2, -0.15) is 5.10 Å². The van der Waals surface area contributed by atoms with E-state index in [0.717, 1.165) is 10.2 Å². The van der Waals surface area contributed by atoms with E-state index in [1.807, 2.05) is 6.92 Å². The highest BCUT2D eigenvalue weighted by Gasteiger charge is 2.19. The summed E-state index contributed by atoms with van der Waals surface area (Å²) in [4.78, 5) is 12.0. The van der Waals surface area contributed by atoms with Crippen molar-refractivity contribution in [2.45, 2.75) is 26.8 Å². The van der Waals surface area contributed by atoms with Crippen molar-refractivity contribution in [1.82, 2.24) is 14.9 Å². The van der Waals surface area contributed by atoms with Gasteiger partial charge in [-0.3, -0.25) is 9.48 Å². The average Bonchev–Trinajstić information content (AvgIpc) is 2.87. The highest BCUT2D eigenvalue weighted by molar-refractivity contribution is 9.10. The second-order valence-corrected chi connectivity index (χ2v) is 4.86. The Morgan fingerprint density at radius 2 is 2.28 bits per heavy atom. The lowest BCUT2D eigenvalue weighted by molar-refractivity contribution is -0.119. The lowest BCUT2D eigenvalue weighted by Gasteiger charge is -2.13. The number of nitrogens with one attached hydrogen (secondary N) is 1. The lowest BCUT2D eigenvalue weighted by atomic mass is 10.3. The van der Waals surface area contributed by atoms with Gasteiger partial charge in [0.1, 0.15) is 11.8 Å². The van der Waals surface area contributed by atoms with Crippen molar-refractivity contribution in [3.63, 3.8) is 0 Å². The van der Waals surface area contributed by atoms with Gasteiger partial charge in [0.2, 0.25) is 5.91 Å². The zero-order chi connectivity index (χ0) is 13.3. The number of hydrogen-bond acceptors (Lipinski definition) is 4. The fourth-order valence-corrected chi connectivity index (χ4v) is 1.83. The molecule has 0 spiro atoms. The predicted molar refractivity (Wildman–Crippen MR) is 69.2 cm³/mol. The Hall–Kier alpha value is -1.63. The summed E-state index contributed by atoms with van der Waals surface area (Å²) in [6.07, 6.45) is 1.67. The van der Waals surface area contributed by atoms with Crippen LogP contribution in [-0.2, 0) is 4.79 Å². The summed E-state index contributed by atoms with van der Waals surface area (Å²) in [5, 5.41) is 10.5. The lowest BCUT2D eigenvalue weighted by Crippen LogP contribution is -2.25. The molecular formula is C11H13BrN4O2. The minimum absolute atomic E-state index is 0.193. The number of carbonyl (C=O) groups is 1. The van der Waals surface area contributed by atoms with E-state index in [9.17, 15) is 4.79 Å². The first-order valence-corrected chi connectivity index (χ1v) is 6.22. The standard InChI is InChI=1S/C11H13BrN4O2/c1-6-4-10(15-18-6)14-11(17)8(3)16-7(2)9(12)5-13-16/h4-5,8H,1-3H3,(H,14,15,17)/t8-/m1/s1. The number of carbonyl (C=O) groups excluding carboxylic acids is 1. The van der Waals surface area contributed by atoms with Gasteiger partial charge in [-0.15, -0.1) is 0 Å². The van der Waals surface area contributed by atoms with Gasteiger partial charge in [-0.25, -0.2) is 0 Å². The van der Waals surface area contributed by atoms with Gasteiger partial charge in [0, 0.05) is 6.07 Å². The molecule has 96 valence electrons. The van der Waals surface area contributed by atoms with E-state index >= 15 is 0 Å². The number of anilines is 1. The van der Waals surface area contributed by atoms with Crippen LogP contribution in [0.3, 0.4) is 0 Å². The third-order valence-corrected chi connectivity index (χ3v) is 3.39. The summed E-state index contributed by atoms with van der Waals surface area (Å²) >= 11 is 3.36. The third-order valence-electron chi connectivity index (χ3n) is 2.61. The molecule has 2 aromatic rings. The number of amides is 1. The molecule has 1 atom stereocenters. The number of nitrogens with zero attached hydrogens (tertiary/aromatic N) is 3. The summed E-state index contributed by atoms with van der Waals surface area (Å²) in [5.74, 6) is 0.867. The molecule has 18 heavy (non-hydrogen) atoms. The normalized spacial score (nSPS) is 12.4. The molecule has 1 N–H and O–H groups in total. The van der Waals surface area contributed by atoms with E-state index in [1.54, 1.807) is 30.8 Å². The molecule has 0 saturated heterocycles. The zero-order valence-electron chi connectivity index (χ0n) is 10.3. The fourth-order valence-electron chi connectivity index (χ4n) is 1.56. The Morgan fingerprint density at radius 1 is 1.56 bits per heavy atom. The maximum absolute atomic E-state index is 12.0. The topological polar surface area (TPSA) is 73.0 Å². The van der Waals surface area contributed by atoms with Gasteiger partial charge in [-0.1, -0.05) is 5.16 Å². The molecule has 0 bridgehead atoms. The number of aromatic nitrogens is 3. The maximum Gasteiger partial charge on any atom is 0.250 e. The fraction of sp³-hybridized carbons (Fsp3) is 0.364. The van der Waals surface area contributed by atoms with Gasteiger partial charge in [0.05, 0.1) is 16.4 Å². The Kier molecular flexibility index (Phi) is 3.51. The van der Waals surface area contributed by atoms with Crippen LogP contribution >= 0.6 is 15.9 Å². The molecule has 0 aromatic carbocycles. The van der Waals surface area contributed by atoms with Crippen LogP contribution in [-0.4, -0.2) is 20.8 Å². The maximum atomic E-state index is 12.0. The minimum atomic E-state index is -0.423. The monoisotopic (exact) mass is 312 g/mol. The second kappa shape index (κ2) is 4.93. The molecule has 7 heteroatoms. The van der Waals surface area contributed by atoms with E-state index in [2.05, 4.69) is 31.5 Å². The quantitative estimate of drug-likeness (QED) is 0.944. The Bertz CT molecular complexity index is 575. The van der Waals surface area contributed by atoms with Gasteiger partial charge in [-0.05, 0) is 36.7 Å². The molecule has 2 aromatic heterocycles. The van der Waals surface area contributed by atoms with Gasteiger partial charge in [0.25, 0.3) is 0 Å². The van der Waals surface area contributed by atoms with Crippen LogP contribution in [0.5, 0.6) is 0 Å². The van der Waals surface area contributed by atoms with Crippen molar-refractivity contribution < 1.29 is 9.32 Å². The average molecular weight is 313 g/mol. The Balaban J connectivity index is 2.12. The first-order valence-electron chi connectivity index (χ1n) is 5.43. The van der Waals surface area contributed by atoms with Crippen molar-refractivity contribution in [2.75, 3.05) is 5.32 Å². The number of hydrogen-bond donors (Lipinski definition) is 1. The first-order chi connectivity index (χ1) is 8.49. The van der Waals surface area contributed by atoms with Crippen molar-refractivity contribution in [1.29, 1.82) is 0 Å². The molecule has 0 aliphatic heterocycles. The number of halogens is 1. The van der Waals surface area contributed by atoms with Crippen molar-refractivity contribution >= 4 is 27.7 Å². The highest BCUT2D eigenvalue weighted by atomic mass is 79.9. The van der Waals surface area contributed by atoms with Crippen LogP contribution in [0.25, 0.3) is 0 Å². The molecule has 0 saturated carbocycles.